The number of cyclic esters (lactones) is 1. The minimum atomic E-state index is -1.40. The molecule has 0 radical (unpaired) electrons. The number of epoxide rings is 1. The lowest BCUT2D eigenvalue weighted by Crippen LogP contribution is -2.75. The van der Waals surface area contributed by atoms with Crippen molar-refractivity contribution in [2.75, 3.05) is 6.61 Å². The van der Waals surface area contributed by atoms with Crippen LogP contribution >= 0.6 is 0 Å². The fourth-order valence-electron chi connectivity index (χ4n) is 8.61. The Labute approximate surface area is 175 Å². The Hall–Kier alpha value is -1.28. The van der Waals surface area contributed by atoms with E-state index in [4.69, 9.17) is 9.47 Å². The van der Waals surface area contributed by atoms with Crippen molar-refractivity contribution in [1.29, 1.82) is 0 Å². The molecule has 4 aliphatic carbocycles. The summed E-state index contributed by atoms with van der Waals surface area (Å²) in [5.74, 6) is -1.44. The molecule has 6 aliphatic rings. The van der Waals surface area contributed by atoms with E-state index < -0.39 is 34.6 Å². The first-order valence-corrected chi connectivity index (χ1v) is 11.3. The monoisotopic (exact) mass is 418 g/mol. The van der Waals surface area contributed by atoms with Gasteiger partial charge in [-0.05, 0) is 68.3 Å². The molecule has 1 spiro atoms. The lowest BCUT2D eigenvalue weighted by atomic mass is 9.41. The first-order valence-electron chi connectivity index (χ1n) is 11.3. The maximum absolute atomic E-state index is 13.8. The molecule has 3 N–H and O–H groups in total. The average molecular weight is 418 g/mol. The standard InChI is InChI=1S/C23H30O7/c1-20-5-3-13(24)8-12(20)9-15-23(30-15)18(20)17(26)19(27)21(2)14(4-6-22(21,23)28)11-7-16(25)29-10-11/h7,12-15,17-18,24,26,28H,3-6,8-10H2,1-2H3/t12-,13-,14?,15?,17?,18?,20?,21?,22+,23?/m0/s1. The number of aliphatic hydroxyl groups is 3. The van der Waals surface area contributed by atoms with Crippen LogP contribution in [0, 0.1) is 28.6 Å². The maximum Gasteiger partial charge on any atom is 0.331 e. The van der Waals surface area contributed by atoms with Crippen LogP contribution in [0.1, 0.15) is 52.4 Å². The molecular weight excluding hydrogens is 388 g/mol. The molecule has 5 fully saturated rings. The Kier molecular flexibility index (Phi) is 3.59. The first kappa shape index (κ1) is 19.4. The van der Waals surface area contributed by atoms with Crippen LogP contribution in [0.5, 0.6) is 0 Å². The second kappa shape index (κ2) is 5.55. The molecule has 0 aromatic rings. The van der Waals surface area contributed by atoms with Gasteiger partial charge in [-0.2, -0.15) is 0 Å². The number of ether oxygens (including phenoxy) is 2. The van der Waals surface area contributed by atoms with E-state index in [9.17, 15) is 24.9 Å². The molecule has 0 amide bonds. The summed E-state index contributed by atoms with van der Waals surface area (Å²) < 4.78 is 11.4. The predicted molar refractivity (Wildman–Crippen MR) is 103 cm³/mol. The van der Waals surface area contributed by atoms with Gasteiger partial charge in [-0.1, -0.05) is 6.92 Å². The highest BCUT2D eigenvalue weighted by atomic mass is 16.6. The van der Waals surface area contributed by atoms with Crippen molar-refractivity contribution in [3.05, 3.63) is 11.6 Å². The van der Waals surface area contributed by atoms with E-state index in [1.54, 1.807) is 6.92 Å². The molecule has 2 heterocycles. The second-order valence-corrected chi connectivity index (χ2v) is 11.0. The average Bonchev–Trinajstić information content (AvgIpc) is 3.14. The molecule has 1 saturated heterocycles. The van der Waals surface area contributed by atoms with E-state index in [1.165, 1.54) is 6.08 Å². The fourth-order valence-corrected chi connectivity index (χ4v) is 8.61. The van der Waals surface area contributed by atoms with Crippen LogP contribution in [0.4, 0.5) is 0 Å². The number of hydrogen-bond acceptors (Lipinski definition) is 7. The third kappa shape index (κ3) is 1.89. The lowest BCUT2D eigenvalue weighted by molar-refractivity contribution is -0.226. The van der Waals surface area contributed by atoms with Crippen LogP contribution in [-0.4, -0.2) is 63.2 Å². The topological polar surface area (TPSA) is 117 Å². The highest BCUT2D eigenvalue weighted by Gasteiger charge is 2.88. The lowest BCUT2D eigenvalue weighted by Gasteiger charge is -2.62. The summed E-state index contributed by atoms with van der Waals surface area (Å²) in [5, 5.41) is 33.9. The summed E-state index contributed by atoms with van der Waals surface area (Å²) in [6.07, 6.45) is 3.30. The minimum Gasteiger partial charge on any atom is -0.458 e. The minimum absolute atomic E-state index is 0.136. The van der Waals surface area contributed by atoms with E-state index >= 15 is 0 Å². The third-order valence-electron chi connectivity index (χ3n) is 10.2. The number of esters is 1. The Balaban J connectivity index is 1.47. The zero-order valence-corrected chi connectivity index (χ0v) is 17.5. The first-order chi connectivity index (χ1) is 14.1. The van der Waals surface area contributed by atoms with Gasteiger partial charge in [0.2, 0.25) is 0 Å². The molecule has 0 bridgehead atoms. The van der Waals surface area contributed by atoms with Crippen molar-refractivity contribution in [2.24, 2.45) is 28.6 Å². The summed E-state index contributed by atoms with van der Waals surface area (Å²) in [7, 11) is 0. The van der Waals surface area contributed by atoms with Gasteiger partial charge in [0.15, 0.2) is 5.78 Å². The highest BCUT2D eigenvalue weighted by Crippen LogP contribution is 2.76. The van der Waals surface area contributed by atoms with Crippen LogP contribution in [0.2, 0.25) is 0 Å². The molecule has 4 saturated carbocycles. The number of ketones is 1. The Morgan fingerprint density at radius 1 is 1.10 bits per heavy atom. The number of carbonyl (C=O) groups excluding carboxylic acids is 2. The molecule has 7 nitrogen and oxygen atoms in total. The van der Waals surface area contributed by atoms with Crippen molar-refractivity contribution in [2.45, 2.75) is 81.9 Å². The fraction of sp³-hybridized carbons (Fsp3) is 0.826. The van der Waals surface area contributed by atoms with Crippen LogP contribution in [0.25, 0.3) is 0 Å². The Morgan fingerprint density at radius 3 is 2.57 bits per heavy atom. The SMILES string of the molecule is CC12CC[C@H](O)C[C@H]1CC1OC13C2C(O)C(=O)C1(C)C(C2=CC(=O)OC2)CC[C@@]13O. The molecule has 10 atom stereocenters. The van der Waals surface area contributed by atoms with Gasteiger partial charge in [0, 0.05) is 12.0 Å². The number of fused-ring (bicyclic) bond motifs is 3. The molecule has 7 heteroatoms. The summed E-state index contributed by atoms with van der Waals surface area (Å²) in [4.78, 5) is 25.5. The van der Waals surface area contributed by atoms with Gasteiger partial charge in [-0.3, -0.25) is 4.79 Å². The van der Waals surface area contributed by atoms with Gasteiger partial charge in [0.05, 0.1) is 17.6 Å². The Bertz CT molecular complexity index is 883. The summed E-state index contributed by atoms with van der Waals surface area (Å²) in [6.45, 7) is 3.99. The number of hydrogen-bond donors (Lipinski definition) is 3. The number of Topliss-reactive ketones (excluding diaryl/α,β-unsaturated/α-hetero) is 1. The van der Waals surface area contributed by atoms with Gasteiger partial charge >= 0.3 is 5.97 Å². The van der Waals surface area contributed by atoms with Gasteiger partial charge in [0.1, 0.15) is 23.9 Å². The molecule has 6 rings (SSSR count). The highest BCUT2D eigenvalue weighted by molar-refractivity contribution is 5.94. The molecule has 0 aromatic heterocycles. The number of aliphatic hydroxyl groups excluding tert-OH is 2. The van der Waals surface area contributed by atoms with Crippen molar-refractivity contribution in [3.63, 3.8) is 0 Å². The van der Waals surface area contributed by atoms with Gasteiger partial charge in [-0.25, -0.2) is 4.79 Å². The quantitative estimate of drug-likeness (QED) is 0.428. The second-order valence-electron chi connectivity index (χ2n) is 11.0. The molecule has 0 aromatic carbocycles. The van der Waals surface area contributed by atoms with E-state index in [0.717, 1.165) is 12.0 Å². The molecular formula is C23H30O7. The predicted octanol–water partition coefficient (Wildman–Crippen LogP) is 0.885. The Morgan fingerprint density at radius 2 is 1.87 bits per heavy atom. The van der Waals surface area contributed by atoms with Crippen molar-refractivity contribution >= 4 is 11.8 Å². The molecule has 164 valence electrons. The summed E-state index contributed by atoms with van der Waals surface area (Å²) in [6, 6.07) is 0. The normalized spacial score (nSPS) is 58.9. The molecule has 7 unspecified atom stereocenters. The third-order valence-corrected chi connectivity index (χ3v) is 10.2. The van der Waals surface area contributed by atoms with Crippen molar-refractivity contribution < 1.29 is 34.4 Å². The maximum atomic E-state index is 13.8. The van der Waals surface area contributed by atoms with Gasteiger partial charge in [0.25, 0.3) is 0 Å². The summed E-state index contributed by atoms with van der Waals surface area (Å²) in [5.41, 5.74) is -3.21. The zero-order valence-electron chi connectivity index (χ0n) is 17.5. The zero-order chi connectivity index (χ0) is 21.3. The molecule has 30 heavy (non-hydrogen) atoms. The summed E-state index contributed by atoms with van der Waals surface area (Å²) >= 11 is 0. The van der Waals surface area contributed by atoms with Crippen LogP contribution < -0.4 is 0 Å². The largest absolute Gasteiger partial charge is 0.458 e. The van der Waals surface area contributed by atoms with E-state index in [2.05, 4.69) is 6.92 Å². The van der Waals surface area contributed by atoms with Crippen LogP contribution in [0.15, 0.2) is 11.6 Å². The van der Waals surface area contributed by atoms with Crippen LogP contribution in [0.3, 0.4) is 0 Å². The smallest absolute Gasteiger partial charge is 0.331 e. The van der Waals surface area contributed by atoms with E-state index in [0.29, 0.717) is 32.1 Å². The van der Waals surface area contributed by atoms with Crippen molar-refractivity contribution in [1.82, 2.24) is 0 Å². The molecule has 2 aliphatic heterocycles. The van der Waals surface area contributed by atoms with Crippen molar-refractivity contribution in [3.8, 4) is 0 Å². The number of rotatable bonds is 1. The van der Waals surface area contributed by atoms with E-state index in [1.807, 2.05) is 0 Å². The van der Waals surface area contributed by atoms with E-state index in [-0.39, 0.29) is 41.8 Å². The van der Waals surface area contributed by atoms with Gasteiger partial charge < -0.3 is 24.8 Å². The van der Waals surface area contributed by atoms with Crippen LogP contribution in [-0.2, 0) is 19.1 Å². The van der Waals surface area contributed by atoms with Gasteiger partial charge in [-0.15, -0.1) is 0 Å². The number of carbonyl (C=O) groups is 2.